The highest BCUT2D eigenvalue weighted by molar-refractivity contribution is 9.10. The van der Waals surface area contributed by atoms with Crippen molar-refractivity contribution in [3.8, 4) is 5.75 Å². The van der Waals surface area contributed by atoms with Gasteiger partial charge in [-0.3, -0.25) is 0 Å². The third kappa shape index (κ3) is 4.54. The lowest BCUT2D eigenvalue weighted by atomic mass is 10.1. The molecule has 0 radical (unpaired) electrons. The second-order valence-electron chi connectivity index (χ2n) is 4.31. The van der Waals surface area contributed by atoms with Gasteiger partial charge in [0.05, 0.1) is 17.7 Å². The number of aliphatic hydroxyl groups is 1. The van der Waals surface area contributed by atoms with Gasteiger partial charge in [-0.25, -0.2) is 0 Å². The second kappa shape index (κ2) is 6.92. The van der Waals surface area contributed by atoms with Crippen LogP contribution < -0.4 is 4.74 Å². The van der Waals surface area contributed by atoms with Crippen molar-refractivity contribution in [1.29, 1.82) is 0 Å². The molecular weight excluding hydrogens is 268 g/mol. The van der Waals surface area contributed by atoms with Gasteiger partial charge in [0.1, 0.15) is 5.75 Å². The Morgan fingerprint density at radius 3 is 2.69 bits per heavy atom. The molecule has 0 heterocycles. The van der Waals surface area contributed by atoms with E-state index in [-0.39, 0.29) is 6.61 Å². The normalized spacial score (nSPS) is 10.8. The summed E-state index contributed by atoms with van der Waals surface area (Å²) in [6.45, 7) is 5.24. The minimum absolute atomic E-state index is 0.0617. The fourth-order valence-corrected chi connectivity index (χ4v) is 1.97. The summed E-state index contributed by atoms with van der Waals surface area (Å²) in [6.07, 6.45) is 2.26. The van der Waals surface area contributed by atoms with Crippen LogP contribution >= 0.6 is 15.9 Å². The van der Waals surface area contributed by atoms with Gasteiger partial charge < -0.3 is 9.84 Å². The molecule has 0 atom stereocenters. The molecule has 0 bridgehead atoms. The van der Waals surface area contributed by atoms with E-state index in [4.69, 9.17) is 9.84 Å². The highest BCUT2D eigenvalue weighted by Gasteiger charge is 2.02. The van der Waals surface area contributed by atoms with Gasteiger partial charge in [-0.1, -0.05) is 19.9 Å². The van der Waals surface area contributed by atoms with Crippen LogP contribution in [-0.4, -0.2) is 11.7 Å². The number of ether oxygens (including phenoxy) is 1. The number of aliphatic hydroxyl groups excluding tert-OH is 1. The van der Waals surface area contributed by atoms with E-state index in [1.165, 1.54) is 6.42 Å². The first-order chi connectivity index (χ1) is 7.63. The molecule has 1 N–H and O–H groups in total. The average molecular weight is 287 g/mol. The average Bonchev–Trinajstić information content (AvgIpc) is 2.25. The van der Waals surface area contributed by atoms with Gasteiger partial charge in [0, 0.05) is 0 Å². The number of halogens is 1. The minimum atomic E-state index is 0.0617. The van der Waals surface area contributed by atoms with Gasteiger partial charge in [0.25, 0.3) is 0 Å². The van der Waals surface area contributed by atoms with E-state index in [0.717, 1.165) is 34.7 Å². The van der Waals surface area contributed by atoms with Crippen molar-refractivity contribution < 1.29 is 9.84 Å². The lowest BCUT2D eigenvalue weighted by Gasteiger charge is -2.10. The van der Waals surface area contributed by atoms with Crippen LogP contribution in [0.5, 0.6) is 5.75 Å². The van der Waals surface area contributed by atoms with E-state index in [9.17, 15) is 0 Å². The summed E-state index contributed by atoms with van der Waals surface area (Å²) in [5.74, 6) is 1.57. The van der Waals surface area contributed by atoms with Crippen LogP contribution in [0.1, 0.15) is 32.3 Å². The van der Waals surface area contributed by atoms with Gasteiger partial charge in [-0.2, -0.15) is 0 Å². The highest BCUT2D eigenvalue weighted by atomic mass is 79.9. The monoisotopic (exact) mass is 286 g/mol. The molecule has 0 saturated heterocycles. The molecule has 0 amide bonds. The molecule has 0 aliphatic carbocycles. The third-order valence-electron chi connectivity index (χ3n) is 2.36. The van der Waals surface area contributed by atoms with Crippen molar-refractivity contribution in [3.05, 3.63) is 28.2 Å². The Labute approximate surface area is 106 Å². The smallest absolute Gasteiger partial charge is 0.133 e. The van der Waals surface area contributed by atoms with Crippen LogP contribution in [0.3, 0.4) is 0 Å². The summed E-state index contributed by atoms with van der Waals surface area (Å²) < 4.78 is 6.56. The first-order valence-corrected chi connectivity index (χ1v) is 6.45. The molecule has 0 fully saturated rings. The van der Waals surface area contributed by atoms with E-state index in [0.29, 0.717) is 0 Å². The molecule has 90 valence electrons. The van der Waals surface area contributed by atoms with Gasteiger partial charge in [-0.05, 0) is 52.4 Å². The van der Waals surface area contributed by atoms with Crippen molar-refractivity contribution in [3.63, 3.8) is 0 Å². The number of hydrogen-bond acceptors (Lipinski definition) is 2. The zero-order valence-electron chi connectivity index (χ0n) is 9.87. The summed E-state index contributed by atoms with van der Waals surface area (Å²) in [7, 11) is 0. The van der Waals surface area contributed by atoms with E-state index in [1.54, 1.807) is 0 Å². The summed E-state index contributed by atoms with van der Waals surface area (Å²) in [5.41, 5.74) is 0.890. The lowest BCUT2D eigenvalue weighted by Crippen LogP contribution is -2.00. The van der Waals surface area contributed by atoms with Crippen LogP contribution in [0.4, 0.5) is 0 Å². The first kappa shape index (κ1) is 13.5. The largest absolute Gasteiger partial charge is 0.492 e. The molecule has 1 rings (SSSR count). The predicted molar refractivity (Wildman–Crippen MR) is 69.6 cm³/mol. The molecule has 3 heteroatoms. The molecule has 0 spiro atoms. The molecule has 0 aliphatic rings. The maximum atomic E-state index is 8.97. The number of hydrogen-bond donors (Lipinski definition) is 1. The second-order valence-corrected chi connectivity index (χ2v) is 5.16. The Kier molecular flexibility index (Phi) is 5.85. The van der Waals surface area contributed by atoms with Crippen molar-refractivity contribution in [2.45, 2.75) is 33.3 Å². The lowest BCUT2D eigenvalue weighted by molar-refractivity contribution is 0.280. The Morgan fingerprint density at radius 1 is 1.38 bits per heavy atom. The van der Waals surface area contributed by atoms with Crippen molar-refractivity contribution in [1.82, 2.24) is 0 Å². The quantitative estimate of drug-likeness (QED) is 0.807. The fraction of sp³-hybridized carbons (Fsp3) is 0.538. The third-order valence-corrected chi connectivity index (χ3v) is 2.98. The van der Waals surface area contributed by atoms with Crippen LogP contribution in [0, 0.1) is 5.92 Å². The molecule has 0 saturated carbocycles. The maximum absolute atomic E-state index is 8.97. The van der Waals surface area contributed by atoms with Gasteiger partial charge in [-0.15, -0.1) is 0 Å². The SMILES string of the molecule is CC(C)CCCOc1ccc(CO)cc1Br. The Hall–Kier alpha value is -0.540. The van der Waals surface area contributed by atoms with E-state index < -0.39 is 0 Å². The van der Waals surface area contributed by atoms with Gasteiger partial charge >= 0.3 is 0 Å². The molecular formula is C13H19BrO2. The molecule has 1 aromatic rings. The van der Waals surface area contributed by atoms with E-state index >= 15 is 0 Å². The topological polar surface area (TPSA) is 29.5 Å². The van der Waals surface area contributed by atoms with Crippen LogP contribution in [0.2, 0.25) is 0 Å². The van der Waals surface area contributed by atoms with E-state index in [2.05, 4.69) is 29.8 Å². The zero-order valence-corrected chi connectivity index (χ0v) is 11.5. The Morgan fingerprint density at radius 2 is 2.12 bits per heavy atom. The van der Waals surface area contributed by atoms with Gasteiger partial charge in [0.2, 0.25) is 0 Å². The molecule has 1 aromatic carbocycles. The number of rotatable bonds is 6. The molecule has 0 aromatic heterocycles. The van der Waals surface area contributed by atoms with Crippen LogP contribution in [0.25, 0.3) is 0 Å². The van der Waals surface area contributed by atoms with Crippen molar-refractivity contribution in [2.24, 2.45) is 5.92 Å². The van der Waals surface area contributed by atoms with Crippen molar-refractivity contribution in [2.75, 3.05) is 6.61 Å². The Bertz CT molecular complexity index is 324. The van der Waals surface area contributed by atoms with E-state index in [1.807, 2.05) is 18.2 Å². The molecule has 16 heavy (non-hydrogen) atoms. The maximum Gasteiger partial charge on any atom is 0.133 e. The minimum Gasteiger partial charge on any atom is -0.492 e. The summed E-state index contributed by atoms with van der Waals surface area (Å²) >= 11 is 3.43. The fourth-order valence-electron chi connectivity index (χ4n) is 1.43. The highest BCUT2D eigenvalue weighted by Crippen LogP contribution is 2.26. The number of benzene rings is 1. The molecule has 2 nitrogen and oxygen atoms in total. The van der Waals surface area contributed by atoms with Crippen LogP contribution in [0.15, 0.2) is 22.7 Å². The standard InChI is InChI=1S/C13H19BrO2/c1-10(2)4-3-7-16-13-6-5-11(9-15)8-12(13)14/h5-6,8,10,15H,3-4,7,9H2,1-2H3. The molecule has 0 unspecified atom stereocenters. The van der Waals surface area contributed by atoms with Crippen LogP contribution in [-0.2, 0) is 6.61 Å². The zero-order chi connectivity index (χ0) is 12.0. The molecule has 0 aliphatic heterocycles. The summed E-state index contributed by atoms with van der Waals surface area (Å²) in [5, 5.41) is 8.97. The Balaban J connectivity index is 2.42. The van der Waals surface area contributed by atoms with Crippen molar-refractivity contribution >= 4 is 15.9 Å². The predicted octanol–water partition coefficient (Wildman–Crippen LogP) is 3.76. The summed E-state index contributed by atoms with van der Waals surface area (Å²) in [4.78, 5) is 0. The van der Waals surface area contributed by atoms with Gasteiger partial charge in [0.15, 0.2) is 0 Å². The first-order valence-electron chi connectivity index (χ1n) is 5.65. The summed E-state index contributed by atoms with van der Waals surface area (Å²) in [6, 6.07) is 5.66.